The summed E-state index contributed by atoms with van der Waals surface area (Å²) in [6, 6.07) is 35.4. The zero-order chi connectivity index (χ0) is 42.0. The van der Waals surface area contributed by atoms with Crippen molar-refractivity contribution in [3.05, 3.63) is 167 Å². The van der Waals surface area contributed by atoms with Gasteiger partial charge in [-0.2, -0.15) is 26.3 Å². The number of pyridine rings is 1. The number of imidazole rings is 1. The van der Waals surface area contributed by atoms with Gasteiger partial charge in [0.25, 0.3) is 5.91 Å². The molecule has 2 amide bonds. The van der Waals surface area contributed by atoms with Crippen LogP contribution in [-0.2, 0) is 29.7 Å². The van der Waals surface area contributed by atoms with E-state index in [0.717, 1.165) is 40.0 Å². The van der Waals surface area contributed by atoms with E-state index in [1.807, 2.05) is 54.6 Å². The Morgan fingerprint density at radius 3 is 2.25 bits per heavy atom. The average molecular weight is 836 g/mol. The lowest BCUT2D eigenvalue weighted by molar-refractivity contribution is -0.138. The first-order valence-corrected chi connectivity index (χ1v) is 20.0. The number of rotatable bonds is 12. The number of anilines is 1. The number of carbonyl (C=O) groups is 2. The minimum Gasteiger partial charge on any atom is -0.346 e. The third-order valence-corrected chi connectivity index (χ3v) is 11.4. The molecule has 7 aromatic rings. The van der Waals surface area contributed by atoms with Crippen molar-refractivity contribution in [1.29, 1.82) is 0 Å². The molecule has 14 heteroatoms. The van der Waals surface area contributed by atoms with Crippen LogP contribution in [-0.4, -0.2) is 39.1 Å². The van der Waals surface area contributed by atoms with E-state index in [1.54, 1.807) is 54.7 Å². The highest BCUT2D eigenvalue weighted by Crippen LogP contribution is 2.47. The van der Waals surface area contributed by atoms with Crippen molar-refractivity contribution in [2.45, 2.75) is 48.6 Å². The highest BCUT2D eigenvalue weighted by molar-refractivity contribution is 7.98. The maximum Gasteiger partial charge on any atom is 0.416 e. The molecule has 0 bridgehead atoms. The molecule has 8 rings (SSSR count). The lowest BCUT2D eigenvalue weighted by atomic mass is 9.90. The third-order valence-electron chi connectivity index (χ3n) is 10.3. The summed E-state index contributed by atoms with van der Waals surface area (Å²) in [7, 11) is 0. The van der Waals surface area contributed by atoms with Gasteiger partial charge in [0.2, 0.25) is 5.91 Å². The van der Waals surface area contributed by atoms with Crippen LogP contribution in [0.4, 0.5) is 32.0 Å². The van der Waals surface area contributed by atoms with E-state index >= 15 is 0 Å². The SMILES string of the molecule is O=C(Nc1ccc2c(c1)nc(SCc1ccccn1)n2CCCc1cccc2c1C(C(=O)NCC(F)(F)F)c1ccccc1-2)c1ccccc1-c1ccc(C(F)(F)F)cc1. The van der Waals surface area contributed by atoms with Gasteiger partial charge >= 0.3 is 12.4 Å². The fourth-order valence-corrected chi connectivity index (χ4v) is 8.61. The highest BCUT2D eigenvalue weighted by Gasteiger charge is 2.37. The van der Waals surface area contributed by atoms with Gasteiger partial charge in [0.05, 0.1) is 28.2 Å². The van der Waals surface area contributed by atoms with E-state index in [1.165, 1.54) is 23.9 Å². The van der Waals surface area contributed by atoms with Gasteiger partial charge in [-0.15, -0.1) is 0 Å². The summed E-state index contributed by atoms with van der Waals surface area (Å²) < 4.78 is 81.2. The Bertz CT molecular complexity index is 2700. The number of amides is 2. The molecule has 2 N–H and O–H groups in total. The number of halogens is 6. The highest BCUT2D eigenvalue weighted by atomic mass is 32.2. The predicted octanol–water partition coefficient (Wildman–Crippen LogP) is 11.1. The molecule has 0 aliphatic heterocycles. The summed E-state index contributed by atoms with van der Waals surface area (Å²) >= 11 is 1.50. The van der Waals surface area contributed by atoms with Crippen LogP contribution in [0.3, 0.4) is 0 Å². The molecule has 60 heavy (non-hydrogen) atoms. The molecule has 2 heterocycles. The molecule has 1 aliphatic carbocycles. The van der Waals surface area contributed by atoms with Crippen molar-refractivity contribution in [1.82, 2.24) is 19.9 Å². The molecule has 0 saturated heterocycles. The maximum atomic E-state index is 13.7. The first-order chi connectivity index (χ1) is 28.8. The summed E-state index contributed by atoms with van der Waals surface area (Å²) in [4.78, 5) is 36.5. The number of aromatic nitrogens is 3. The van der Waals surface area contributed by atoms with Gasteiger partial charge in [0.1, 0.15) is 6.54 Å². The average Bonchev–Trinajstić information content (AvgIpc) is 3.77. The Labute approximate surface area is 344 Å². The molecular formula is C46H35F6N5O2S. The van der Waals surface area contributed by atoms with E-state index in [4.69, 9.17) is 4.98 Å². The standard InChI is InChI=1S/C46H35F6N5O2S/c47-45(48,49)27-54-43(59)41-36-14-3-2-13-34(36)35-16-7-9-29(40(35)41)10-8-24-57-39-22-21-31(25-38(39)56-44(57)60-26-32-11-5-6-23-53-32)55-42(58)37-15-4-1-12-33(37)28-17-19-30(20-18-28)46(50,51)52/h1-7,9,11-23,25,41H,8,10,24,26-27H2,(H,54,59)(H,55,58). The summed E-state index contributed by atoms with van der Waals surface area (Å²) in [5.41, 5.74) is 7.06. The molecular weight excluding hydrogens is 801 g/mol. The molecule has 7 nitrogen and oxygen atoms in total. The van der Waals surface area contributed by atoms with Gasteiger partial charge in [-0.3, -0.25) is 14.6 Å². The second-order valence-electron chi connectivity index (χ2n) is 14.3. The molecule has 1 aliphatic rings. The molecule has 0 radical (unpaired) electrons. The number of hydrogen-bond acceptors (Lipinski definition) is 5. The Morgan fingerprint density at radius 2 is 1.50 bits per heavy atom. The van der Waals surface area contributed by atoms with E-state index < -0.39 is 42.2 Å². The number of alkyl halides is 6. The fourth-order valence-electron chi connectivity index (χ4n) is 7.65. The van der Waals surface area contributed by atoms with Crippen molar-refractivity contribution in [2.24, 2.45) is 0 Å². The quantitative estimate of drug-likeness (QED) is 0.0945. The maximum absolute atomic E-state index is 13.7. The molecule has 0 spiro atoms. The van der Waals surface area contributed by atoms with Crippen LogP contribution in [0.2, 0.25) is 0 Å². The summed E-state index contributed by atoms with van der Waals surface area (Å²) in [5.74, 6) is -1.50. The van der Waals surface area contributed by atoms with Crippen LogP contribution in [0, 0.1) is 0 Å². The van der Waals surface area contributed by atoms with Crippen LogP contribution in [0.1, 0.15) is 50.6 Å². The van der Waals surface area contributed by atoms with Crippen LogP contribution in [0.5, 0.6) is 0 Å². The van der Waals surface area contributed by atoms with Crippen LogP contribution < -0.4 is 10.6 Å². The summed E-state index contributed by atoms with van der Waals surface area (Å²) in [6.45, 7) is -0.912. The molecule has 0 fully saturated rings. The van der Waals surface area contributed by atoms with E-state index in [9.17, 15) is 35.9 Å². The zero-order valence-electron chi connectivity index (χ0n) is 31.6. The topological polar surface area (TPSA) is 88.9 Å². The van der Waals surface area contributed by atoms with Gasteiger partial charge in [-0.05, 0) is 100 Å². The number of carbonyl (C=O) groups excluding carboxylic acids is 2. The Hall–Kier alpha value is -6.41. The predicted molar refractivity (Wildman–Crippen MR) is 219 cm³/mol. The normalized spacial score (nSPS) is 13.5. The van der Waals surface area contributed by atoms with Crippen molar-refractivity contribution in [3.8, 4) is 22.3 Å². The number of thioether (sulfide) groups is 1. The second-order valence-corrected chi connectivity index (χ2v) is 15.2. The molecule has 1 unspecified atom stereocenters. The Morgan fingerprint density at radius 1 is 0.767 bits per heavy atom. The third kappa shape index (κ3) is 8.64. The van der Waals surface area contributed by atoms with Gasteiger partial charge in [-0.1, -0.05) is 90.6 Å². The molecule has 1 atom stereocenters. The van der Waals surface area contributed by atoms with Crippen LogP contribution >= 0.6 is 11.8 Å². The van der Waals surface area contributed by atoms with E-state index in [-0.39, 0.29) is 5.56 Å². The van der Waals surface area contributed by atoms with E-state index in [0.29, 0.717) is 63.8 Å². The van der Waals surface area contributed by atoms with Crippen molar-refractivity contribution >= 4 is 40.3 Å². The number of benzene rings is 5. The van der Waals surface area contributed by atoms with Gasteiger partial charge < -0.3 is 15.2 Å². The van der Waals surface area contributed by atoms with Crippen molar-refractivity contribution < 1.29 is 35.9 Å². The van der Waals surface area contributed by atoms with Crippen molar-refractivity contribution in [3.63, 3.8) is 0 Å². The zero-order valence-corrected chi connectivity index (χ0v) is 32.5. The monoisotopic (exact) mass is 835 g/mol. The number of fused-ring (bicyclic) bond motifs is 4. The lowest BCUT2D eigenvalue weighted by Crippen LogP contribution is -2.37. The van der Waals surface area contributed by atoms with Gasteiger partial charge in [-0.25, -0.2) is 4.98 Å². The smallest absolute Gasteiger partial charge is 0.346 e. The molecule has 5 aromatic carbocycles. The lowest BCUT2D eigenvalue weighted by Gasteiger charge is -2.18. The summed E-state index contributed by atoms with van der Waals surface area (Å²) in [5, 5.41) is 5.74. The number of aryl methyl sites for hydroxylation is 2. The minimum atomic E-state index is -4.55. The fraction of sp³-hybridized carbons (Fsp3) is 0.174. The van der Waals surface area contributed by atoms with Crippen LogP contribution in [0.15, 0.2) is 139 Å². The first kappa shape index (κ1) is 40.4. The van der Waals surface area contributed by atoms with Gasteiger partial charge in [0.15, 0.2) is 5.16 Å². The minimum absolute atomic E-state index is 0.282. The largest absolute Gasteiger partial charge is 0.416 e. The first-order valence-electron chi connectivity index (χ1n) is 19.0. The van der Waals surface area contributed by atoms with Crippen molar-refractivity contribution in [2.75, 3.05) is 11.9 Å². The Balaban J connectivity index is 1.05. The van der Waals surface area contributed by atoms with Crippen LogP contribution in [0.25, 0.3) is 33.3 Å². The molecule has 2 aromatic heterocycles. The van der Waals surface area contributed by atoms with Gasteiger partial charge in [0, 0.05) is 29.7 Å². The van der Waals surface area contributed by atoms with E-state index in [2.05, 4.69) is 20.2 Å². The number of hydrogen-bond donors (Lipinski definition) is 2. The second kappa shape index (κ2) is 16.7. The molecule has 304 valence electrons. The number of nitrogens with zero attached hydrogens (tertiary/aromatic N) is 3. The summed E-state index contributed by atoms with van der Waals surface area (Å²) in [6.07, 6.45) is -6.19. The number of nitrogens with one attached hydrogen (secondary N) is 2. The molecule has 0 saturated carbocycles. The Kier molecular flexibility index (Phi) is 11.2.